The largest absolute Gasteiger partial charge is 0.496 e. The standard InChI is InChI=1S/C15H22O4/c1-11(16)13-3-4-15(17-2)14(7-13)10-19-9-12-5-6-18-8-12/h3-4,7,11-12,16H,5-6,8-10H2,1-2H3. The van der Waals surface area contributed by atoms with E-state index in [4.69, 9.17) is 14.2 Å². The zero-order valence-electron chi connectivity index (χ0n) is 11.6. The molecular weight excluding hydrogens is 244 g/mol. The average Bonchev–Trinajstić information content (AvgIpc) is 2.91. The Balaban J connectivity index is 1.94. The Morgan fingerprint density at radius 1 is 1.47 bits per heavy atom. The molecule has 1 aromatic carbocycles. The smallest absolute Gasteiger partial charge is 0.124 e. The summed E-state index contributed by atoms with van der Waals surface area (Å²) in [6.45, 7) is 4.60. The van der Waals surface area contributed by atoms with E-state index in [0.717, 1.165) is 36.5 Å². The number of aliphatic hydroxyl groups excluding tert-OH is 1. The molecule has 0 spiro atoms. The minimum Gasteiger partial charge on any atom is -0.496 e. The molecule has 106 valence electrons. The number of hydrogen-bond acceptors (Lipinski definition) is 4. The molecule has 1 fully saturated rings. The predicted molar refractivity (Wildman–Crippen MR) is 72.2 cm³/mol. The highest BCUT2D eigenvalue weighted by atomic mass is 16.5. The van der Waals surface area contributed by atoms with E-state index < -0.39 is 6.10 Å². The molecule has 19 heavy (non-hydrogen) atoms. The Kier molecular flexibility index (Phi) is 5.19. The minimum absolute atomic E-state index is 0.479. The van der Waals surface area contributed by atoms with Crippen LogP contribution in [0.15, 0.2) is 18.2 Å². The first kappa shape index (κ1) is 14.3. The topological polar surface area (TPSA) is 47.9 Å². The number of rotatable bonds is 6. The van der Waals surface area contributed by atoms with Crippen LogP contribution in [0.1, 0.15) is 30.6 Å². The molecule has 0 aliphatic carbocycles. The summed E-state index contributed by atoms with van der Waals surface area (Å²) < 4.78 is 16.4. The Hall–Kier alpha value is -1.10. The van der Waals surface area contributed by atoms with Crippen LogP contribution in [0.25, 0.3) is 0 Å². The van der Waals surface area contributed by atoms with Crippen LogP contribution in [0.4, 0.5) is 0 Å². The molecule has 2 atom stereocenters. The second kappa shape index (κ2) is 6.89. The summed E-state index contributed by atoms with van der Waals surface area (Å²) in [6, 6.07) is 5.69. The van der Waals surface area contributed by atoms with Gasteiger partial charge in [-0.1, -0.05) is 6.07 Å². The zero-order chi connectivity index (χ0) is 13.7. The van der Waals surface area contributed by atoms with Crippen LogP contribution in [0.2, 0.25) is 0 Å². The average molecular weight is 266 g/mol. The summed E-state index contributed by atoms with van der Waals surface area (Å²) in [7, 11) is 1.64. The molecule has 0 aromatic heterocycles. The predicted octanol–water partition coefficient (Wildman–Crippen LogP) is 2.30. The molecular formula is C15H22O4. The fraction of sp³-hybridized carbons (Fsp3) is 0.600. The monoisotopic (exact) mass is 266 g/mol. The lowest BCUT2D eigenvalue weighted by Crippen LogP contribution is -2.09. The van der Waals surface area contributed by atoms with Gasteiger partial charge in [0.1, 0.15) is 5.75 Å². The van der Waals surface area contributed by atoms with Crippen LogP contribution in [0.3, 0.4) is 0 Å². The lowest BCUT2D eigenvalue weighted by atomic mass is 10.1. The van der Waals surface area contributed by atoms with Crippen molar-refractivity contribution >= 4 is 0 Å². The fourth-order valence-electron chi connectivity index (χ4n) is 2.22. The van der Waals surface area contributed by atoms with E-state index in [1.807, 2.05) is 18.2 Å². The molecule has 1 aliphatic heterocycles. The number of methoxy groups -OCH3 is 1. The second-order valence-corrected chi connectivity index (χ2v) is 4.99. The van der Waals surface area contributed by atoms with Gasteiger partial charge in [-0.25, -0.2) is 0 Å². The lowest BCUT2D eigenvalue weighted by Gasteiger charge is -2.14. The van der Waals surface area contributed by atoms with Gasteiger partial charge in [0.05, 0.1) is 33.0 Å². The molecule has 1 aromatic rings. The highest BCUT2D eigenvalue weighted by Gasteiger charge is 2.16. The maximum atomic E-state index is 9.61. The van der Waals surface area contributed by atoms with Crippen molar-refractivity contribution in [3.05, 3.63) is 29.3 Å². The number of aliphatic hydroxyl groups is 1. The Morgan fingerprint density at radius 3 is 2.95 bits per heavy atom. The maximum absolute atomic E-state index is 9.61. The van der Waals surface area contributed by atoms with E-state index in [1.165, 1.54) is 0 Å². The maximum Gasteiger partial charge on any atom is 0.124 e. The summed E-state index contributed by atoms with van der Waals surface area (Å²) in [5, 5.41) is 9.61. The van der Waals surface area contributed by atoms with E-state index in [9.17, 15) is 5.11 Å². The van der Waals surface area contributed by atoms with Gasteiger partial charge in [-0.2, -0.15) is 0 Å². The third kappa shape index (κ3) is 3.93. The third-order valence-corrected chi connectivity index (χ3v) is 3.42. The van der Waals surface area contributed by atoms with Gasteiger partial charge in [0, 0.05) is 18.1 Å². The quantitative estimate of drug-likeness (QED) is 0.858. The summed E-state index contributed by atoms with van der Waals surface area (Å²) in [4.78, 5) is 0. The van der Waals surface area contributed by atoms with Gasteiger partial charge in [0.15, 0.2) is 0 Å². The molecule has 1 aliphatic rings. The number of hydrogen-bond donors (Lipinski definition) is 1. The van der Waals surface area contributed by atoms with Crippen molar-refractivity contribution in [3.63, 3.8) is 0 Å². The Morgan fingerprint density at radius 2 is 2.32 bits per heavy atom. The Labute approximate surface area is 114 Å². The van der Waals surface area contributed by atoms with E-state index in [1.54, 1.807) is 14.0 Å². The minimum atomic E-state index is -0.479. The van der Waals surface area contributed by atoms with Crippen molar-refractivity contribution in [1.82, 2.24) is 0 Å². The van der Waals surface area contributed by atoms with Crippen molar-refractivity contribution in [1.29, 1.82) is 0 Å². The molecule has 4 nitrogen and oxygen atoms in total. The third-order valence-electron chi connectivity index (χ3n) is 3.42. The van der Waals surface area contributed by atoms with Crippen molar-refractivity contribution in [2.24, 2.45) is 5.92 Å². The summed E-state index contributed by atoms with van der Waals surface area (Å²) in [6.07, 6.45) is 0.595. The molecule has 2 rings (SSSR count). The van der Waals surface area contributed by atoms with Gasteiger partial charge >= 0.3 is 0 Å². The molecule has 0 saturated carbocycles. The summed E-state index contributed by atoms with van der Waals surface area (Å²) in [5.41, 5.74) is 1.85. The van der Waals surface area contributed by atoms with Gasteiger partial charge in [0.2, 0.25) is 0 Å². The molecule has 1 saturated heterocycles. The van der Waals surface area contributed by atoms with E-state index in [2.05, 4.69) is 0 Å². The van der Waals surface area contributed by atoms with Crippen LogP contribution in [-0.2, 0) is 16.1 Å². The van der Waals surface area contributed by atoms with Gasteiger partial charge < -0.3 is 19.3 Å². The highest BCUT2D eigenvalue weighted by Crippen LogP contribution is 2.24. The Bertz CT molecular complexity index is 397. The van der Waals surface area contributed by atoms with Crippen LogP contribution >= 0.6 is 0 Å². The van der Waals surface area contributed by atoms with Crippen LogP contribution in [0.5, 0.6) is 5.75 Å². The summed E-state index contributed by atoms with van der Waals surface area (Å²) >= 11 is 0. The van der Waals surface area contributed by atoms with Crippen LogP contribution in [0, 0.1) is 5.92 Å². The van der Waals surface area contributed by atoms with Gasteiger partial charge in [-0.15, -0.1) is 0 Å². The van der Waals surface area contributed by atoms with E-state index in [-0.39, 0.29) is 0 Å². The van der Waals surface area contributed by atoms with Crippen LogP contribution in [-0.4, -0.2) is 32.0 Å². The molecule has 4 heteroatoms. The van der Waals surface area contributed by atoms with E-state index >= 15 is 0 Å². The molecule has 2 unspecified atom stereocenters. The molecule has 1 heterocycles. The molecule has 0 radical (unpaired) electrons. The highest BCUT2D eigenvalue weighted by molar-refractivity contribution is 5.37. The lowest BCUT2D eigenvalue weighted by molar-refractivity contribution is 0.0778. The normalized spacial score (nSPS) is 20.5. The second-order valence-electron chi connectivity index (χ2n) is 4.99. The number of benzene rings is 1. The zero-order valence-corrected chi connectivity index (χ0v) is 11.6. The van der Waals surface area contributed by atoms with Gasteiger partial charge in [-0.3, -0.25) is 0 Å². The summed E-state index contributed by atoms with van der Waals surface area (Å²) in [5.74, 6) is 1.30. The first-order valence-corrected chi connectivity index (χ1v) is 6.71. The first-order valence-electron chi connectivity index (χ1n) is 6.71. The molecule has 0 amide bonds. The first-order chi connectivity index (χ1) is 9.20. The van der Waals surface area contributed by atoms with Crippen molar-refractivity contribution in [2.75, 3.05) is 26.9 Å². The number of ether oxygens (including phenoxy) is 3. The molecule has 0 bridgehead atoms. The van der Waals surface area contributed by atoms with Gasteiger partial charge in [0.25, 0.3) is 0 Å². The van der Waals surface area contributed by atoms with Gasteiger partial charge in [-0.05, 0) is 31.0 Å². The van der Waals surface area contributed by atoms with Crippen LogP contribution < -0.4 is 4.74 Å². The van der Waals surface area contributed by atoms with Crippen molar-refractivity contribution < 1.29 is 19.3 Å². The van der Waals surface area contributed by atoms with E-state index in [0.29, 0.717) is 19.1 Å². The van der Waals surface area contributed by atoms with Crippen molar-refractivity contribution in [2.45, 2.75) is 26.1 Å². The SMILES string of the molecule is COc1ccc(C(C)O)cc1COCC1CCOC1. The fourth-order valence-corrected chi connectivity index (χ4v) is 2.22. The molecule has 1 N–H and O–H groups in total. The van der Waals surface area contributed by atoms with Crippen molar-refractivity contribution in [3.8, 4) is 5.75 Å².